The second kappa shape index (κ2) is 7.41. The van der Waals surface area contributed by atoms with E-state index in [-0.39, 0.29) is 22.2 Å². The molecule has 2 rings (SSSR count). The van der Waals surface area contributed by atoms with Gasteiger partial charge in [-0.15, -0.1) is 0 Å². The SMILES string of the molecule is NC(=O)C(=Cc1ccc(O)c(O)c1)[S+]([O-])Cc1ccc(Cl)cc1. The largest absolute Gasteiger partial charge is 0.611 e. The van der Waals surface area contributed by atoms with Gasteiger partial charge in [0, 0.05) is 16.7 Å². The van der Waals surface area contributed by atoms with Crippen LogP contribution in [0.5, 0.6) is 11.5 Å². The van der Waals surface area contributed by atoms with Gasteiger partial charge in [-0.2, -0.15) is 0 Å². The van der Waals surface area contributed by atoms with Crippen molar-refractivity contribution in [3.63, 3.8) is 0 Å². The average molecular weight is 352 g/mol. The molecule has 0 bridgehead atoms. The molecule has 0 aliphatic rings. The van der Waals surface area contributed by atoms with Crippen LogP contribution in [-0.2, 0) is 21.7 Å². The molecule has 0 aliphatic carbocycles. The first-order valence-corrected chi connectivity index (χ1v) is 8.23. The zero-order valence-electron chi connectivity index (χ0n) is 11.9. The monoisotopic (exact) mass is 351 g/mol. The number of benzene rings is 2. The first-order chi connectivity index (χ1) is 10.9. The Morgan fingerprint density at radius 1 is 1.17 bits per heavy atom. The summed E-state index contributed by atoms with van der Waals surface area (Å²) in [7, 11) is 0. The van der Waals surface area contributed by atoms with Gasteiger partial charge in [0.15, 0.2) is 11.5 Å². The molecule has 120 valence electrons. The predicted octanol–water partition coefficient (Wildman–Crippen LogP) is 2.53. The van der Waals surface area contributed by atoms with Gasteiger partial charge in [-0.1, -0.05) is 29.8 Å². The molecule has 0 radical (unpaired) electrons. The summed E-state index contributed by atoms with van der Waals surface area (Å²) >= 11 is 4.13. The fourth-order valence-corrected chi connectivity index (χ4v) is 3.11. The maximum Gasteiger partial charge on any atom is 0.296 e. The summed E-state index contributed by atoms with van der Waals surface area (Å²) in [6.07, 6.45) is 1.33. The van der Waals surface area contributed by atoms with Crippen LogP contribution in [0.2, 0.25) is 5.02 Å². The van der Waals surface area contributed by atoms with Crippen molar-refractivity contribution in [2.75, 3.05) is 0 Å². The Hall–Kier alpha value is -2.15. The van der Waals surface area contributed by atoms with E-state index in [4.69, 9.17) is 17.3 Å². The molecule has 1 unspecified atom stereocenters. The Labute approximate surface area is 141 Å². The highest BCUT2D eigenvalue weighted by molar-refractivity contribution is 7.95. The Morgan fingerprint density at radius 3 is 2.39 bits per heavy atom. The number of carbonyl (C=O) groups excluding carboxylic acids is 1. The third-order valence-corrected chi connectivity index (χ3v) is 4.65. The maximum absolute atomic E-state index is 12.4. The van der Waals surface area contributed by atoms with Crippen molar-refractivity contribution in [1.29, 1.82) is 0 Å². The second-order valence-electron chi connectivity index (χ2n) is 4.74. The molecule has 2 aromatic rings. The highest BCUT2D eigenvalue weighted by atomic mass is 35.5. The van der Waals surface area contributed by atoms with Gasteiger partial charge in [0.25, 0.3) is 5.91 Å². The Kier molecular flexibility index (Phi) is 5.54. The molecule has 0 saturated heterocycles. The van der Waals surface area contributed by atoms with E-state index < -0.39 is 17.1 Å². The topological polar surface area (TPSA) is 107 Å². The summed E-state index contributed by atoms with van der Waals surface area (Å²) < 4.78 is 12.4. The maximum atomic E-state index is 12.4. The van der Waals surface area contributed by atoms with E-state index in [1.54, 1.807) is 24.3 Å². The second-order valence-corrected chi connectivity index (χ2v) is 6.59. The fourth-order valence-electron chi connectivity index (χ4n) is 1.84. The first kappa shape index (κ1) is 17.2. The molecule has 5 nitrogen and oxygen atoms in total. The smallest absolute Gasteiger partial charge is 0.296 e. The molecule has 0 aliphatic heterocycles. The molecule has 4 N–H and O–H groups in total. The summed E-state index contributed by atoms with van der Waals surface area (Å²) in [5.41, 5.74) is 6.44. The van der Waals surface area contributed by atoms with E-state index in [0.29, 0.717) is 10.6 Å². The summed E-state index contributed by atoms with van der Waals surface area (Å²) in [5, 5.41) is 19.3. The van der Waals surface area contributed by atoms with Crippen LogP contribution in [0.1, 0.15) is 11.1 Å². The third-order valence-electron chi connectivity index (χ3n) is 3.00. The molecular weight excluding hydrogens is 338 g/mol. The van der Waals surface area contributed by atoms with Crippen LogP contribution in [0.25, 0.3) is 6.08 Å². The van der Waals surface area contributed by atoms with Crippen molar-refractivity contribution >= 4 is 34.8 Å². The summed E-state index contributed by atoms with van der Waals surface area (Å²) in [4.78, 5) is 11.5. The molecule has 0 fully saturated rings. The zero-order chi connectivity index (χ0) is 17.0. The predicted molar refractivity (Wildman–Crippen MR) is 90.2 cm³/mol. The Bertz CT molecular complexity index is 746. The molecule has 0 spiro atoms. The highest BCUT2D eigenvalue weighted by Crippen LogP contribution is 2.27. The highest BCUT2D eigenvalue weighted by Gasteiger charge is 2.21. The van der Waals surface area contributed by atoms with Gasteiger partial charge >= 0.3 is 0 Å². The van der Waals surface area contributed by atoms with Gasteiger partial charge in [0.2, 0.25) is 4.91 Å². The van der Waals surface area contributed by atoms with Crippen molar-refractivity contribution in [2.24, 2.45) is 5.73 Å². The molecule has 1 amide bonds. The normalized spacial score (nSPS) is 12.9. The molecule has 0 saturated carbocycles. The number of hydrogen-bond donors (Lipinski definition) is 3. The summed E-state index contributed by atoms with van der Waals surface area (Å²) in [6.45, 7) is 0. The number of nitrogens with two attached hydrogens (primary N) is 1. The average Bonchev–Trinajstić information content (AvgIpc) is 2.50. The van der Waals surface area contributed by atoms with E-state index in [1.807, 2.05) is 0 Å². The van der Waals surface area contributed by atoms with Gasteiger partial charge in [-0.05, 0) is 41.0 Å². The Morgan fingerprint density at radius 2 is 1.83 bits per heavy atom. The minimum Gasteiger partial charge on any atom is -0.611 e. The quantitative estimate of drug-likeness (QED) is 0.437. The molecule has 23 heavy (non-hydrogen) atoms. The van der Waals surface area contributed by atoms with Crippen LogP contribution in [0.4, 0.5) is 0 Å². The number of primary amides is 1. The van der Waals surface area contributed by atoms with Crippen LogP contribution in [0.3, 0.4) is 0 Å². The van der Waals surface area contributed by atoms with Crippen molar-refractivity contribution in [3.8, 4) is 11.5 Å². The van der Waals surface area contributed by atoms with Gasteiger partial charge in [-0.25, -0.2) is 0 Å². The molecule has 2 aromatic carbocycles. The van der Waals surface area contributed by atoms with Crippen LogP contribution >= 0.6 is 11.6 Å². The first-order valence-electron chi connectivity index (χ1n) is 6.53. The number of phenols is 2. The van der Waals surface area contributed by atoms with Crippen molar-refractivity contribution in [2.45, 2.75) is 5.75 Å². The zero-order valence-corrected chi connectivity index (χ0v) is 13.5. The lowest BCUT2D eigenvalue weighted by molar-refractivity contribution is -0.113. The van der Waals surface area contributed by atoms with Gasteiger partial charge < -0.3 is 20.5 Å². The number of aromatic hydroxyl groups is 2. The number of halogens is 1. The number of hydrogen-bond acceptors (Lipinski definition) is 4. The minimum absolute atomic E-state index is 0.0787. The minimum atomic E-state index is -1.66. The van der Waals surface area contributed by atoms with E-state index >= 15 is 0 Å². The van der Waals surface area contributed by atoms with E-state index in [0.717, 1.165) is 5.56 Å². The molecule has 0 heterocycles. The molecule has 7 heteroatoms. The van der Waals surface area contributed by atoms with Gasteiger partial charge in [0.05, 0.1) is 0 Å². The lowest BCUT2D eigenvalue weighted by Gasteiger charge is -2.12. The van der Waals surface area contributed by atoms with Crippen molar-refractivity contribution in [1.82, 2.24) is 0 Å². The van der Waals surface area contributed by atoms with E-state index in [2.05, 4.69) is 0 Å². The molecular formula is C16H14ClNO4S. The number of amides is 1. The van der Waals surface area contributed by atoms with Crippen LogP contribution in [-0.4, -0.2) is 20.7 Å². The van der Waals surface area contributed by atoms with Crippen LogP contribution < -0.4 is 5.73 Å². The number of carbonyl (C=O) groups is 1. The Balaban J connectivity index is 2.26. The van der Waals surface area contributed by atoms with Crippen LogP contribution in [0.15, 0.2) is 47.4 Å². The standard InChI is InChI=1S/C16H14ClNO4S/c17-12-4-1-10(2-5-12)9-23(22)15(16(18)21)8-11-3-6-13(19)14(20)7-11/h1-8,19-20H,9H2,(H2,18,21). The van der Waals surface area contributed by atoms with Crippen LogP contribution in [0, 0.1) is 0 Å². The summed E-state index contributed by atoms with van der Waals surface area (Å²) in [5.74, 6) is -1.34. The number of rotatable bonds is 5. The molecule has 1 atom stereocenters. The van der Waals surface area contributed by atoms with E-state index in [9.17, 15) is 19.6 Å². The van der Waals surface area contributed by atoms with Gasteiger partial charge in [-0.3, -0.25) is 4.79 Å². The number of phenolic OH excluding ortho intramolecular Hbond substituents is 2. The van der Waals surface area contributed by atoms with Crippen molar-refractivity contribution < 1.29 is 19.6 Å². The van der Waals surface area contributed by atoms with Crippen molar-refractivity contribution in [3.05, 3.63) is 63.5 Å². The fraction of sp³-hybridized carbons (Fsp3) is 0.0625. The lowest BCUT2D eigenvalue weighted by atomic mass is 10.2. The lowest BCUT2D eigenvalue weighted by Crippen LogP contribution is -2.22. The summed E-state index contributed by atoms with van der Waals surface area (Å²) in [6, 6.07) is 10.7. The van der Waals surface area contributed by atoms with Gasteiger partial charge in [0.1, 0.15) is 5.75 Å². The van der Waals surface area contributed by atoms with E-state index in [1.165, 1.54) is 24.3 Å². The third kappa shape index (κ3) is 4.66. The molecule has 0 aromatic heterocycles.